The molecular formula is C9H9ClO4. The first-order chi connectivity index (χ1) is 6.49. The number of carboxylic acid groups (broad SMARTS) is 1. The molecule has 3 N–H and O–H groups in total. The number of halogens is 1. The van der Waals surface area contributed by atoms with Gasteiger partial charge in [0, 0.05) is 0 Å². The standard InChI is InChI=1S/C9H9ClO4/c1-2-4-3-5(10)8(12)6(7(4)11)9(13)14/h3,11-12H,2H2,1H3,(H,13,14). The van der Waals surface area contributed by atoms with Gasteiger partial charge in [-0.25, -0.2) is 4.79 Å². The zero-order valence-electron chi connectivity index (χ0n) is 7.41. The molecule has 0 aliphatic rings. The van der Waals surface area contributed by atoms with E-state index in [1.165, 1.54) is 6.07 Å². The van der Waals surface area contributed by atoms with E-state index in [2.05, 4.69) is 0 Å². The van der Waals surface area contributed by atoms with Crippen molar-refractivity contribution in [3.8, 4) is 11.5 Å². The summed E-state index contributed by atoms with van der Waals surface area (Å²) in [6.07, 6.45) is 0.437. The summed E-state index contributed by atoms with van der Waals surface area (Å²) < 4.78 is 0. The molecule has 0 radical (unpaired) electrons. The van der Waals surface area contributed by atoms with Gasteiger partial charge in [0.2, 0.25) is 0 Å². The summed E-state index contributed by atoms with van der Waals surface area (Å²) in [7, 11) is 0. The van der Waals surface area contributed by atoms with Crippen LogP contribution in [0.1, 0.15) is 22.8 Å². The summed E-state index contributed by atoms with van der Waals surface area (Å²) in [4.78, 5) is 10.7. The molecule has 1 aromatic rings. The lowest BCUT2D eigenvalue weighted by atomic mass is 10.1. The lowest BCUT2D eigenvalue weighted by molar-refractivity contribution is 0.0690. The third-order valence-electron chi connectivity index (χ3n) is 1.90. The SMILES string of the molecule is CCc1cc(Cl)c(O)c(C(=O)O)c1O. The number of carboxylic acids is 1. The van der Waals surface area contributed by atoms with Gasteiger partial charge >= 0.3 is 5.97 Å². The van der Waals surface area contributed by atoms with E-state index in [0.717, 1.165) is 0 Å². The summed E-state index contributed by atoms with van der Waals surface area (Å²) in [6, 6.07) is 1.35. The largest absolute Gasteiger partial charge is 0.507 e. The van der Waals surface area contributed by atoms with Crippen molar-refractivity contribution in [2.75, 3.05) is 0 Å². The Kier molecular flexibility index (Phi) is 2.86. The molecule has 0 fully saturated rings. The first-order valence-corrected chi connectivity index (χ1v) is 4.33. The Hall–Kier alpha value is -1.42. The third-order valence-corrected chi connectivity index (χ3v) is 2.19. The van der Waals surface area contributed by atoms with Gasteiger partial charge in [0.1, 0.15) is 11.3 Å². The van der Waals surface area contributed by atoms with Crippen LogP contribution in [-0.4, -0.2) is 21.3 Å². The van der Waals surface area contributed by atoms with Crippen molar-refractivity contribution in [3.63, 3.8) is 0 Å². The molecule has 0 bridgehead atoms. The van der Waals surface area contributed by atoms with Crippen molar-refractivity contribution in [1.82, 2.24) is 0 Å². The van der Waals surface area contributed by atoms with Crippen LogP contribution in [0.3, 0.4) is 0 Å². The number of carbonyl (C=O) groups is 1. The Morgan fingerprint density at radius 1 is 1.43 bits per heavy atom. The van der Waals surface area contributed by atoms with Gasteiger partial charge in [-0.15, -0.1) is 0 Å². The average molecular weight is 217 g/mol. The number of aryl methyl sites for hydroxylation is 1. The van der Waals surface area contributed by atoms with Gasteiger partial charge in [0.15, 0.2) is 5.75 Å². The number of phenols is 2. The number of aromatic carboxylic acids is 1. The monoisotopic (exact) mass is 216 g/mol. The first kappa shape index (κ1) is 10.7. The van der Waals surface area contributed by atoms with E-state index < -0.39 is 23.0 Å². The molecule has 0 amide bonds. The van der Waals surface area contributed by atoms with Crippen LogP contribution in [0.15, 0.2) is 6.07 Å². The molecule has 0 atom stereocenters. The van der Waals surface area contributed by atoms with Gasteiger partial charge in [0.05, 0.1) is 5.02 Å². The molecule has 0 spiro atoms. The highest BCUT2D eigenvalue weighted by Crippen LogP contribution is 2.37. The first-order valence-electron chi connectivity index (χ1n) is 3.95. The summed E-state index contributed by atoms with van der Waals surface area (Å²) in [5.74, 6) is -2.44. The molecule has 14 heavy (non-hydrogen) atoms. The molecule has 0 unspecified atom stereocenters. The van der Waals surface area contributed by atoms with Crippen LogP contribution < -0.4 is 0 Å². The van der Waals surface area contributed by atoms with Crippen LogP contribution in [0, 0.1) is 0 Å². The lowest BCUT2D eigenvalue weighted by Crippen LogP contribution is -2.00. The minimum Gasteiger partial charge on any atom is -0.507 e. The quantitative estimate of drug-likeness (QED) is 0.707. The average Bonchev–Trinajstić information content (AvgIpc) is 2.11. The predicted molar refractivity (Wildman–Crippen MR) is 51.1 cm³/mol. The summed E-state index contributed by atoms with van der Waals surface area (Å²) in [5.41, 5.74) is -0.153. The van der Waals surface area contributed by atoms with E-state index in [0.29, 0.717) is 12.0 Å². The van der Waals surface area contributed by atoms with Crippen molar-refractivity contribution < 1.29 is 20.1 Å². The summed E-state index contributed by atoms with van der Waals surface area (Å²) in [6.45, 7) is 1.74. The Balaban J connectivity index is 3.53. The van der Waals surface area contributed by atoms with Crippen LogP contribution in [0.2, 0.25) is 5.02 Å². The Morgan fingerprint density at radius 3 is 2.43 bits per heavy atom. The van der Waals surface area contributed by atoms with Crippen molar-refractivity contribution in [3.05, 3.63) is 22.2 Å². The van der Waals surface area contributed by atoms with Crippen LogP contribution in [-0.2, 0) is 6.42 Å². The maximum Gasteiger partial charge on any atom is 0.343 e. The molecule has 5 heteroatoms. The van der Waals surface area contributed by atoms with E-state index in [9.17, 15) is 15.0 Å². The van der Waals surface area contributed by atoms with Gasteiger partial charge in [0.25, 0.3) is 0 Å². The molecule has 1 rings (SSSR count). The van der Waals surface area contributed by atoms with Crippen molar-refractivity contribution >= 4 is 17.6 Å². The van der Waals surface area contributed by atoms with Crippen LogP contribution >= 0.6 is 11.6 Å². The van der Waals surface area contributed by atoms with Gasteiger partial charge in [-0.2, -0.15) is 0 Å². The zero-order valence-corrected chi connectivity index (χ0v) is 8.17. The van der Waals surface area contributed by atoms with E-state index in [4.69, 9.17) is 16.7 Å². The van der Waals surface area contributed by atoms with Crippen molar-refractivity contribution in [2.24, 2.45) is 0 Å². The van der Waals surface area contributed by atoms with E-state index >= 15 is 0 Å². The molecule has 0 heterocycles. The number of hydrogen-bond acceptors (Lipinski definition) is 3. The molecule has 4 nitrogen and oxygen atoms in total. The summed E-state index contributed by atoms with van der Waals surface area (Å²) in [5, 5.41) is 27.4. The fourth-order valence-corrected chi connectivity index (χ4v) is 1.38. The molecule has 0 saturated carbocycles. The minimum absolute atomic E-state index is 0.0722. The molecular weight excluding hydrogens is 208 g/mol. The lowest BCUT2D eigenvalue weighted by Gasteiger charge is -2.08. The van der Waals surface area contributed by atoms with Crippen molar-refractivity contribution in [2.45, 2.75) is 13.3 Å². The fraction of sp³-hybridized carbons (Fsp3) is 0.222. The number of aromatic hydroxyl groups is 2. The summed E-state index contributed by atoms with van der Waals surface area (Å²) >= 11 is 5.59. The third kappa shape index (κ3) is 1.61. The van der Waals surface area contributed by atoms with Crippen LogP contribution in [0.5, 0.6) is 11.5 Å². The molecule has 76 valence electrons. The van der Waals surface area contributed by atoms with Gasteiger partial charge in [-0.05, 0) is 18.1 Å². The highest BCUT2D eigenvalue weighted by molar-refractivity contribution is 6.32. The topological polar surface area (TPSA) is 77.8 Å². The zero-order chi connectivity index (χ0) is 10.9. The van der Waals surface area contributed by atoms with E-state index in [-0.39, 0.29) is 5.02 Å². The van der Waals surface area contributed by atoms with E-state index in [1.54, 1.807) is 6.92 Å². The highest BCUT2D eigenvalue weighted by Gasteiger charge is 2.20. The fourth-order valence-electron chi connectivity index (χ4n) is 1.15. The number of rotatable bonds is 2. The van der Waals surface area contributed by atoms with Crippen LogP contribution in [0.4, 0.5) is 0 Å². The number of benzene rings is 1. The normalized spacial score (nSPS) is 10.1. The second-order valence-electron chi connectivity index (χ2n) is 2.75. The second-order valence-corrected chi connectivity index (χ2v) is 3.16. The Labute approximate surface area is 85.4 Å². The van der Waals surface area contributed by atoms with Crippen molar-refractivity contribution in [1.29, 1.82) is 0 Å². The Bertz CT molecular complexity index is 387. The maximum atomic E-state index is 10.7. The molecule has 0 aliphatic carbocycles. The number of hydrogen-bond donors (Lipinski definition) is 3. The highest BCUT2D eigenvalue weighted by atomic mass is 35.5. The molecule has 0 aliphatic heterocycles. The molecule has 0 saturated heterocycles. The van der Waals surface area contributed by atoms with Gasteiger partial charge < -0.3 is 15.3 Å². The van der Waals surface area contributed by atoms with Gasteiger partial charge in [-0.1, -0.05) is 18.5 Å². The second kappa shape index (κ2) is 3.75. The van der Waals surface area contributed by atoms with Crippen LogP contribution in [0.25, 0.3) is 0 Å². The maximum absolute atomic E-state index is 10.7. The minimum atomic E-state index is -1.41. The smallest absolute Gasteiger partial charge is 0.343 e. The Morgan fingerprint density at radius 2 is 2.00 bits per heavy atom. The predicted octanol–water partition coefficient (Wildman–Crippen LogP) is 2.01. The molecule has 1 aromatic carbocycles. The van der Waals surface area contributed by atoms with E-state index in [1.807, 2.05) is 0 Å². The molecule has 0 aromatic heterocycles. The van der Waals surface area contributed by atoms with Gasteiger partial charge in [-0.3, -0.25) is 0 Å².